The summed E-state index contributed by atoms with van der Waals surface area (Å²) in [6, 6.07) is 8.85. The van der Waals surface area contributed by atoms with Crippen LogP contribution in [-0.4, -0.2) is 43.6 Å². The van der Waals surface area contributed by atoms with E-state index in [9.17, 15) is 25.2 Å². The zero-order chi connectivity index (χ0) is 20.2. The zero-order valence-electron chi connectivity index (χ0n) is 15.6. The molecule has 0 heterocycles. The monoisotopic (exact) mass is 375 g/mol. The molecule has 4 N–H and O–H groups in total. The van der Waals surface area contributed by atoms with Crippen LogP contribution in [0.1, 0.15) is 31.9 Å². The maximum atomic E-state index is 12.6. The van der Waals surface area contributed by atoms with Gasteiger partial charge in [0.25, 0.3) is 0 Å². The van der Waals surface area contributed by atoms with Crippen molar-refractivity contribution in [3.63, 3.8) is 0 Å². The van der Waals surface area contributed by atoms with E-state index < -0.39 is 11.7 Å². The third-order valence-electron chi connectivity index (χ3n) is 3.78. The lowest BCUT2D eigenvalue weighted by Gasteiger charge is -2.27. The highest BCUT2D eigenvalue weighted by Gasteiger charge is 2.22. The summed E-state index contributed by atoms with van der Waals surface area (Å²) in [5.74, 6) is -0.927. The van der Waals surface area contributed by atoms with Gasteiger partial charge in [0.1, 0.15) is 5.60 Å². The summed E-state index contributed by atoms with van der Waals surface area (Å²) in [6.45, 7) is 5.78. The van der Waals surface area contributed by atoms with E-state index in [4.69, 9.17) is 4.74 Å². The first-order valence-corrected chi connectivity index (χ1v) is 8.55. The number of phenolic OH excluding ortho intramolecular Hbond substituents is 4. The van der Waals surface area contributed by atoms with Crippen LogP contribution in [0.15, 0.2) is 36.4 Å². The molecule has 0 spiro atoms. The number of phenols is 4. The largest absolute Gasteiger partial charge is 0.504 e. The van der Waals surface area contributed by atoms with Crippen molar-refractivity contribution in [2.45, 2.75) is 39.3 Å². The van der Waals surface area contributed by atoms with Crippen LogP contribution in [0.5, 0.6) is 23.0 Å². The fourth-order valence-corrected chi connectivity index (χ4v) is 2.44. The minimum atomic E-state index is -0.663. The fraction of sp³-hybridized carbons (Fsp3) is 0.350. The first kappa shape index (κ1) is 20.2. The van der Waals surface area contributed by atoms with Crippen LogP contribution >= 0.6 is 0 Å². The predicted octanol–water partition coefficient (Wildman–Crippen LogP) is 3.49. The van der Waals surface area contributed by atoms with Gasteiger partial charge in [-0.15, -0.1) is 0 Å². The van der Waals surface area contributed by atoms with Crippen LogP contribution in [0.3, 0.4) is 0 Å². The molecule has 0 unspecified atom stereocenters. The lowest BCUT2D eigenvalue weighted by atomic mass is 10.1. The summed E-state index contributed by atoms with van der Waals surface area (Å²) in [7, 11) is 0. The first-order chi connectivity index (χ1) is 12.5. The lowest BCUT2D eigenvalue weighted by molar-refractivity contribution is 0.0235. The van der Waals surface area contributed by atoms with E-state index in [1.54, 1.807) is 32.9 Å². The lowest BCUT2D eigenvalue weighted by Crippen LogP contribution is -2.37. The molecule has 7 heteroatoms. The minimum Gasteiger partial charge on any atom is -0.504 e. The van der Waals surface area contributed by atoms with E-state index in [0.717, 1.165) is 5.56 Å². The Morgan fingerprint density at radius 3 is 1.93 bits per heavy atom. The molecule has 2 aromatic carbocycles. The number of hydrogen-bond acceptors (Lipinski definition) is 6. The molecule has 1 amide bonds. The molecule has 0 fully saturated rings. The molecule has 146 valence electrons. The van der Waals surface area contributed by atoms with Crippen molar-refractivity contribution < 1.29 is 30.0 Å². The third kappa shape index (κ3) is 5.99. The Morgan fingerprint density at radius 1 is 0.889 bits per heavy atom. The van der Waals surface area contributed by atoms with Crippen LogP contribution in [0, 0.1) is 0 Å². The van der Waals surface area contributed by atoms with Gasteiger partial charge < -0.3 is 30.1 Å². The van der Waals surface area contributed by atoms with Gasteiger partial charge in [0.2, 0.25) is 0 Å². The summed E-state index contributed by atoms with van der Waals surface area (Å²) >= 11 is 0. The molecule has 0 aliphatic rings. The number of carbonyl (C=O) groups is 1. The second-order valence-corrected chi connectivity index (χ2v) is 7.30. The van der Waals surface area contributed by atoms with E-state index in [1.807, 2.05) is 0 Å². The number of carbonyl (C=O) groups excluding carboxylic acids is 1. The quantitative estimate of drug-likeness (QED) is 0.596. The highest BCUT2D eigenvalue weighted by Crippen LogP contribution is 2.27. The van der Waals surface area contributed by atoms with Crippen molar-refractivity contribution in [2.24, 2.45) is 0 Å². The molecular weight excluding hydrogens is 350 g/mol. The van der Waals surface area contributed by atoms with Crippen molar-refractivity contribution in [2.75, 3.05) is 6.54 Å². The average Bonchev–Trinajstić information content (AvgIpc) is 2.56. The maximum Gasteiger partial charge on any atom is 0.410 e. The topological polar surface area (TPSA) is 110 Å². The van der Waals surface area contributed by atoms with Crippen molar-refractivity contribution in [1.82, 2.24) is 4.90 Å². The predicted molar refractivity (Wildman–Crippen MR) is 99.9 cm³/mol. The van der Waals surface area contributed by atoms with Gasteiger partial charge in [-0.1, -0.05) is 12.1 Å². The normalized spacial score (nSPS) is 11.2. The van der Waals surface area contributed by atoms with Gasteiger partial charge in [0, 0.05) is 13.1 Å². The molecular formula is C20H25NO6. The fourth-order valence-electron chi connectivity index (χ4n) is 2.44. The number of nitrogens with zero attached hydrogens (tertiary/aromatic N) is 1. The van der Waals surface area contributed by atoms with Gasteiger partial charge in [-0.3, -0.25) is 0 Å². The molecule has 0 saturated heterocycles. The average molecular weight is 375 g/mol. The number of ether oxygens (including phenoxy) is 1. The van der Waals surface area contributed by atoms with Crippen LogP contribution in [0.25, 0.3) is 0 Å². The molecule has 0 aliphatic heterocycles. The van der Waals surface area contributed by atoms with Crippen LogP contribution in [0.4, 0.5) is 4.79 Å². The Balaban J connectivity index is 2.16. The zero-order valence-corrected chi connectivity index (χ0v) is 15.6. The van der Waals surface area contributed by atoms with Crippen molar-refractivity contribution in [3.8, 4) is 23.0 Å². The smallest absolute Gasteiger partial charge is 0.410 e. The molecule has 2 aromatic rings. The molecule has 0 atom stereocenters. The Labute approximate surface area is 158 Å². The molecule has 0 aromatic heterocycles. The highest BCUT2D eigenvalue weighted by atomic mass is 16.6. The number of aromatic hydroxyl groups is 4. The molecule has 0 radical (unpaired) electrons. The standard InChI is InChI=1S/C20H25NO6/c1-20(2,3)27-19(26)21(12-14-5-7-16(23)18(25)11-14)9-8-13-4-6-15(22)17(24)10-13/h4-7,10-11,22-25H,8-9,12H2,1-3H3. The molecule has 2 rings (SSSR count). The molecule has 0 bridgehead atoms. The van der Waals surface area contributed by atoms with Gasteiger partial charge in [-0.25, -0.2) is 4.79 Å². The molecule has 0 aliphatic carbocycles. The van der Waals surface area contributed by atoms with Crippen molar-refractivity contribution >= 4 is 6.09 Å². The number of amides is 1. The summed E-state index contributed by atoms with van der Waals surface area (Å²) in [4.78, 5) is 14.0. The van der Waals surface area contributed by atoms with E-state index in [2.05, 4.69) is 0 Å². The van der Waals surface area contributed by atoms with Gasteiger partial charge in [0.05, 0.1) is 0 Å². The summed E-state index contributed by atoms with van der Waals surface area (Å²) < 4.78 is 5.44. The minimum absolute atomic E-state index is 0.173. The maximum absolute atomic E-state index is 12.6. The van der Waals surface area contributed by atoms with Crippen molar-refractivity contribution in [1.29, 1.82) is 0 Å². The van der Waals surface area contributed by atoms with Crippen molar-refractivity contribution in [3.05, 3.63) is 47.5 Å². The van der Waals surface area contributed by atoms with Gasteiger partial charge >= 0.3 is 6.09 Å². The number of hydrogen-bond donors (Lipinski definition) is 4. The van der Waals surface area contributed by atoms with E-state index in [1.165, 1.54) is 29.2 Å². The van der Waals surface area contributed by atoms with E-state index >= 15 is 0 Å². The molecule has 27 heavy (non-hydrogen) atoms. The Hall–Kier alpha value is -3.09. The number of benzene rings is 2. The first-order valence-electron chi connectivity index (χ1n) is 8.55. The summed E-state index contributed by atoms with van der Waals surface area (Å²) in [5, 5.41) is 38.1. The van der Waals surface area contributed by atoms with Gasteiger partial charge in [-0.05, 0) is 62.6 Å². The third-order valence-corrected chi connectivity index (χ3v) is 3.78. The van der Waals surface area contributed by atoms with E-state index in [0.29, 0.717) is 18.5 Å². The molecule has 0 saturated carbocycles. The SMILES string of the molecule is CC(C)(C)OC(=O)N(CCc1ccc(O)c(O)c1)Cc1ccc(O)c(O)c1. The summed E-state index contributed by atoms with van der Waals surface area (Å²) in [6.07, 6.45) is -0.0880. The summed E-state index contributed by atoms with van der Waals surface area (Å²) in [5.41, 5.74) is 0.709. The Morgan fingerprint density at radius 2 is 1.41 bits per heavy atom. The van der Waals surface area contributed by atoms with E-state index in [-0.39, 0.29) is 29.5 Å². The Bertz CT molecular complexity index is 813. The van der Waals surface area contributed by atoms with Crippen LogP contribution < -0.4 is 0 Å². The highest BCUT2D eigenvalue weighted by molar-refractivity contribution is 5.68. The molecule has 7 nitrogen and oxygen atoms in total. The van der Waals surface area contributed by atoms with Crippen LogP contribution in [-0.2, 0) is 17.7 Å². The second kappa shape index (κ2) is 8.07. The van der Waals surface area contributed by atoms with Crippen LogP contribution in [0.2, 0.25) is 0 Å². The van der Waals surface area contributed by atoms with Gasteiger partial charge in [-0.2, -0.15) is 0 Å². The van der Waals surface area contributed by atoms with Gasteiger partial charge in [0.15, 0.2) is 23.0 Å². The Kier molecular flexibility index (Phi) is 6.05. The number of rotatable bonds is 5. The second-order valence-electron chi connectivity index (χ2n) is 7.30.